The first-order valence-electron chi connectivity index (χ1n) is 21.4. The summed E-state index contributed by atoms with van der Waals surface area (Å²) in [6.07, 6.45) is 6.48. The summed E-state index contributed by atoms with van der Waals surface area (Å²) in [6, 6.07) is 27.8. The highest BCUT2D eigenvalue weighted by atomic mass is 28.4. The molecule has 0 aliphatic heterocycles. The SMILES string of the molecule is CCCCC[C@@H](CCC1=C2[C@H](CC1=O)Cc1c(OCC(=O)OC(C)(C)C)cccc1[C@H]2O[Si](C)(C)C(C)(C)C)O[Si](c1ccccc1)(c1ccccc1)C(C)(C)C. The van der Waals surface area contributed by atoms with Crippen molar-refractivity contribution in [1.82, 2.24) is 0 Å². The summed E-state index contributed by atoms with van der Waals surface area (Å²) in [5.74, 6) is 0.493. The summed E-state index contributed by atoms with van der Waals surface area (Å²) in [4.78, 5) is 27.1. The molecule has 3 aromatic carbocycles. The number of carbonyl (C=O) groups is 2. The van der Waals surface area contributed by atoms with Crippen LogP contribution in [-0.4, -0.2) is 46.7 Å². The molecule has 8 heteroatoms. The van der Waals surface area contributed by atoms with E-state index in [-0.39, 0.29) is 40.6 Å². The number of allylic oxidation sites excluding steroid dienone is 1. The minimum absolute atomic E-state index is 0.0113. The molecule has 2 aliphatic carbocycles. The largest absolute Gasteiger partial charge is 0.482 e. The fourth-order valence-corrected chi connectivity index (χ4v) is 14.5. The lowest BCUT2D eigenvalue weighted by molar-refractivity contribution is -0.157. The van der Waals surface area contributed by atoms with Crippen molar-refractivity contribution in [1.29, 1.82) is 0 Å². The molecular weight excluding hydrogens is 741 g/mol. The molecule has 0 N–H and O–H groups in total. The van der Waals surface area contributed by atoms with Gasteiger partial charge in [0.1, 0.15) is 11.4 Å². The van der Waals surface area contributed by atoms with Crippen LogP contribution in [0.2, 0.25) is 23.2 Å². The fourth-order valence-electron chi connectivity index (χ4n) is 8.54. The fraction of sp³-hybridized carbons (Fsp3) is 0.551. The van der Waals surface area contributed by atoms with Crippen molar-refractivity contribution in [2.75, 3.05) is 6.61 Å². The molecule has 0 saturated heterocycles. The Labute approximate surface area is 346 Å². The molecule has 0 radical (unpaired) electrons. The predicted octanol–water partition coefficient (Wildman–Crippen LogP) is 11.2. The van der Waals surface area contributed by atoms with E-state index in [4.69, 9.17) is 18.3 Å². The van der Waals surface area contributed by atoms with Crippen molar-refractivity contribution in [2.45, 2.75) is 162 Å². The molecular formula is C49H70O6Si2. The van der Waals surface area contributed by atoms with Crippen LogP contribution in [0.15, 0.2) is 90.0 Å². The van der Waals surface area contributed by atoms with E-state index in [0.717, 1.165) is 54.4 Å². The van der Waals surface area contributed by atoms with Crippen LogP contribution in [-0.2, 0) is 29.6 Å². The molecule has 0 unspecified atom stereocenters. The van der Waals surface area contributed by atoms with Gasteiger partial charge in [0.15, 0.2) is 20.7 Å². The van der Waals surface area contributed by atoms with Gasteiger partial charge in [-0.2, -0.15) is 0 Å². The maximum absolute atomic E-state index is 14.4. The number of esters is 1. The van der Waals surface area contributed by atoms with Crippen LogP contribution < -0.4 is 15.1 Å². The Kier molecular flexibility index (Phi) is 14.1. The number of unbranched alkanes of at least 4 members (excludes halogenated alkanes) is 2. The lowest BCUT2D eigenvalue weighted by atomic mass is 9.78. The van der Waals surface area contributed by atoms with Crippen LogP contribution in [0.3, 0.4) is 0 Å². The molecule has 0 bridgehead atoms. The third-order valence-electron chi connectivity index (χ3n) is 12.3. The number of rotatable bonds is 16. The summed E-state index contributed by atoms with van der Waals surface area (Å²) in [5, 5.41) is 2.37. The molecule has 0 spiro atoms. The van der Waals surface area contributed by atoms with Gasteiger partial charge in [0.2, 0.25) is 0 Å². The predicted molar refractivity (Wildman–Crippen MR) is 239 cm³/mol. The third-order valence-corrected chi connectivity index (χ3v) is 21.9. The van der Waals surface area contributed by atoms with E-state index in [0.29, 0.717) is 25.0 Å². The van der Waals surface area contributed by atoms with E-state index < -0.39 is 28.2 Å². The van der Waals surface area contributed by atoms with Gasteiger partial charge < -0.3 is 18.3 Å². The molecule has 57 heavy (non-hydrogen) atoms. The first-order chi connectivity index (χ1) is 26.7. The normalized spacial score (nSPS) is 18.3. The average Bonchev–Trinajstić information content (AvgIpc) is 3.44. The lowest BCUT2D eigenvalue weighted by Gasteiger charge is -2.45. The average molecular weight is 811 g/mol. The maximum Gasteiger partial charge on any atom is 0.344 e. The van der Waals surface area contributed by atoms with Gasteiger partial charge in [-0.15, -0.1) is 0 Å². The van der Waals surface area contributed by atoms with E-state index in [2.05, 4.69) is 128 Å². The molecule has 0 fully saturated rings. The molecule has 2 aliphatic rings. The van der Waals surface area contributed by atoms with Crippen molar-refractivity contribution in [3.8, 4) is 5.75 Å². The van der Waals surface area contributed by atoms with E-state index in [1.165, 1.54) is 10.4 Å². The smallest absolute Gasteiger partial charge is 0.344 e. The van der Waals surface area contributed by atoms with Gasteiger partial charge in [-0.3, -0.25) is 4.79 Å². The van der Waals surface area contributed by atoms with Gasteiger partial charge in [-0.1, -0.05) is 141 Å². The number of Topliss-reactive ketones (excluding diaryl/α,β-unsaturated/α-hetero) is 1. The zero-order valence-electron chi connectivity index (χ0n) is 37.1. The van der Waals surface area contributed by atoms with E-state index in [9.17, 15) is 9.59 Å². The van der Waals surface area contributed by atoms with Gasteiger partial charge in [-0.05, 0) is 109 Å². The summed E-state index contributed by atoms with van der Waals surface area (Å²) >= 11 is 0. The second kappa shape index (κ2) is 17.9. The Bertz CT molecular complexity index is 1820. The Morgan fingerprint density at radius 3 is 1.93 bits per heavy atom. The van der Waals surface area contributed by atoms with E-state index in [1.807, 2.05) is 32.9 Å². The van der Waals surface area contributed by atoms with Crippen LogP contribution in [0, 0.1) is 5.92 Å². The van der Waals surface area contributed by atoms with Crippen LogP contribution in [0.1, 0.15) is 131 Å². The Balaban J connectivity index is 1.56. The summed E-state index contributed by atoms with van der Waals surface area (Å²) in [6.45, 7) is 26.0. The van der Waals surface area contributed by atoms with Crippen LogP contribution in [0.25, 0.3) is 0 Å². The number of hydrogen-bond donors (Lipinski definition) is 0. The number of fused-ring (bicyclic) bond motifs is 2. The van der Waals surface area contributed by atoms with E-state index in [1.54, 1.807) is 0 Å². The second-order valence-corrected chi connectivity index (χ2v) is 28.9. The Morgan fingerprint density at radius 2 is 1.39 bits per heavy atom. The monoisotopic (exact) mass is 810 g/mol. The van der Waals surface area contributed by atoms with Crippen LogP contribution >= 0.6 is 0 Å². The lowest BCUT2D eigenvalue weighted by Crippen LogP contribution is -2.67. The number of carbonyl (C=O) groups excluding carboxylic acids is 2. The van der Waals surface area contributed by atoms with Gasteiger partial charge in [0.05, 0.1) is 6.10 Å². The first-order valence-corrected chi connectivity index (χ1v) is 26.2. The minimum atomic E-state index is -2.82. The van der Waals surface area contributed by atoms with Crippen molar-refractivity contribution in [3.63, 3.8) is 0 Å². The Hall–Kier alpha value is -3.31. The highest BCUT2D eigenvalue weighted by Crippen LogP contribution is 2.53. The van der Waals surface area contributed by atoms with Crippen LogP contribution in [0.4, 0.5) is 0 Å². The molecule has 0 amide bonds. The van der Waals surface area contributed by atoms with Gasteiger partial charge >= 0.3 is 5.97 Å². The molecule has 0 heterocycles. The van der Waals surface area contributed by atoms with Crippen molar-refractivity contribution < 1.29 is 27.9 Å². The van der Waals surface area contributed by atoms with Crippen molar-refractivity contribution in [3.05, 3.63) is 101 Å². The van der Waals surface area contributed by atoms with Gasteiger partial charge in [0, 0.05) is 18.1 Å². The second-order valence-electron chi connectivity index (χ2n) is 19.9. The highest BCUT2D eigenvalue weighted by Gasteiger charge is 2.52. The summed E-state index contributed by atoms with van der Waals surface area (Å²) < 4.78 is 26.9. The van der Waals surface area contributed by atoms with Crippen molar-refractivity contribution in [2.24, 2.45) is 5.92 Å². The number of hydrogen-bond acceptors (Lipinski definition) is 6. The van der Waals surface area contributed by atoms with Gasteiger partial charge in [-0.25, -0.2) is 4.79 Å². The summed E-state index contributed by atoms with van der Waals surface area (Å²) in [5.41, 5.74) is 3.56. The molecule has 3 aromatic rings. The third kappa shape index (κ3) is 10.3. The molecule has 5 rings (SSSR count). The number of ketones is 1. The molecule has 310 valence electrons. The highest BCUT2D eigenvalue weighted by molar-refractivity contribution is 6.99. The minimum Gasteiger partial charge on any atom is -0.482 e. The number of benzene rings is 3. The van der Waals surface area contributed by atoms with Crippen molar-refractivity contribution >= 4 is 38.8 Å². The standard InChI is InChI=1S/C49H70O6Si2/c1-13-14-17-23-36(54-57(49(8,9)10,37-24-18-15-19-25-37)38-26-20-16-21-27-38)30-31-40-42(50)33-35-32-41-39(46(45(35)40)55-56(11,12)48(5,6)7)28-22-29-43(41)52-34-44(51)53-47(2,3)4/h15-16,18-22,24-29,35-36,46H,13-14,17,23,30-34H2,1-12H3/t35-,36-,46+/m0/s1. The zero-order chi connectivity index (χ0) is 41.8. The number of ether oxygens (including phenoxy) is 2. The Morgan fingerprint density at radius 1 is 0.772 bits per heavy atom. The van der Waals surface area contributed by atoms with E-state index >= 15 is 0 Å². The topological polar surface area (TPSA) is 71.1 Å². The first kappa shape index (κ1) is 44.8. The quantitative estimate of drug-likeness (QED) is 0.0815. The van der Waals surface area contributed by atoms with Gasteiger partial charge in [0.25, 0.3) is 8.32 Å². The molecule has 3 atom stereocenters. The van der Waals surface area contributed by atoms with Crippen LogP contribution in [0.5, 0.6) is 5.75 Å². The molecule has 6 nitrogen and oxygen atoms in total. The maximum atomic E-state index is 14.4. The molecule has 0 saturated carbocycles. The summed E-state index contributed by atoms with van der Waals surface area (Å²) in [7, 11) is -5.14. The zero-order valence-corrected chi connectivity index (χ0v) is 39.1. The molecule has 0 aromatic heterocycles.